The van der Waals surface area contributed by atoms with Crippen molar-refractivity contribution in [3.05, 3.63) is 76.1 Å². The summed E-state index contributed by atoms with van der Waals surface area (Å²) < 4.78 is 7.86. The second-order valence-electron chi connectivity index (χ2n) is 7.96. The molecule has 32 heavy (non-hydrogen) atoms. The number of aromatic nitrogens is 2. The molecule has 0 aliphatic heterocycles. The van der Waals surface area contributed by atoms with E-state index in [9.17, 15) is 4.79 Å². The Morgan fingerprint density at radius 1 is 1.16 bits per heavy atom. The summed E-state index contributed by atoms with van der Waals surface area (Å²) in [6, 6.07) is 16.1. The molecule has 1 amide bonds. The number of amides is 1. The Kier molecular flexibility index (Phi) is 8.07. The molecular weight excluding hydrogens is 426 g/mol. The number of rotatable bonds is 9. The number of carbonyl (C=O) groups excluding carboxylic acids is 1. The van der Waals surface area contributed by atoms with Gasteiger partial charge in [-0.1, -0.05) is 48.0 Å². The van der Waals surface area contributed by atoms with Crippen LogP contribution in [0.3, 0.4) is 0 Å². The fourth-order valence-electron chi connectivity index (χ4n) is 4.19. The molecule has 6 nitrogen and oxygen atoms in total. The lowest BCUT2D eigenvalue weighted by Crippen LogP contribution is -2.31. The van der Waals surface area contributed by atoms with Crippen molar-refractivity contribution in [2.24, 2.45) is 7.05 Å². The lowest BCUT2D eigenvalue weighted by Gasteiger charge is -2.27. The third-order valence-electron chi connectivity index (χ3n) is 5.85. The average molecular weight is 456 g/mol. The minimum atomic E-state index is -0.470. The van der Waals surface area contributed by atoms with Crippen molar-refractivity contribution in [1.29, 1.82) is 0 Å². The van der Waals surface area contributed by atoms with Gasteiger partial charge in [-0.3, -0.25) is 14.7 Å². The van der Waals surface area contributed by atoms with Crippen LogP contribution < -0.4 is 5.48 Å². The monoisotopic (exact) mass is 455 g/mol. The van der Waals surface area contributed by atoms with E-state index in [-0.39, 0.29) is 12.3 Å². The highest BCUT2D eigenvalue weighted by atomic mass is 35.5. The molecule has 2 aromatic carbocycles. The third-order valence-corrected chi connectivity index (χ3v) is 6.10. The van der Waals surface area contributed by atoms with Crippen LogP contribution in [0.2, 0.25) is 5.02 Å². The maximum atomic E-state index is 12.0. The summed E-state index contributed by atoms with van der Waals surface area (Å²) in [5.41, 5.74) is 8.22. The van der Waals surface area contributed by atoms with Crippen molar-refractivity contribution in [3.63, 3.8) is 0 Å². The standard InChI is InChI=1S/C25H30ClN3O3/c1-5-32-23(15-24(30)28-31)22(14-18-6-12-21(26)13-7-18)19-8-10-20(11-9-19)25-16(2)27-29(4)17(25)3/h6-13,22-23,31H,5,14-15H2,1-4H3,(H,28,30)/t22-,23-/m1/s1. The van der Waals surface area contributed by atoms with Crippen molar-refractivity contribution in [2.75, 3.05) is 6.61 Å². The predicted octanol–water partition coefficient (Wildman–Crippen LogP) is 4.98. The quantitative estimate of drug-likeness (QED) is 0.352. The summed E-state index contributed by atoms with van der Waals surface area (Å²) in [5, 5.41) is 14.3. The van der Waals surface area contributed by atoms with Crippen LogP contribution in [-0.2, 0) is 23.0 Å². The predicted molar refractivity (Wildman–Crippen MR) is 126 cm³/mol. The zero-order valence-electron chi connectivity index (χ0n) is 18.9. The molecule has 0 spiro atoms. The Labute approximate surface area is 194 Å². The van der Waals surface area contributed by atoms with E-state index in [1.165, 1.54) is 0 Å². The van der Waals surface area contributed by atoms with Gasteiger partial charge >= 0.3 is 0 Å². The third kappa shape index (κ3) is 5.57. The Bertz CT molecular complexity index is 1050. The van der Waals surface area contributed by atoms with Crippen LogP contribution in [0.25, 0.3) is 11.1 Å². The number of aryl methyl sites for hydroxylation is 2. The van der Waals surface area contributed by atoms with E-state index in [0.717, 1.165) is 33.6 Å². The summed E-state index contributed by atoms with van der Waals surface area (Å²) in [6.45, 7) is 6.44. The largest absolute Gasteiger partial charge is 0.377 e. The summed E-state index contributed by atoms with van der Waals surface area (Å²) in [5.74, 6) is -0.554. The van der Waals surface area contributed by atoms with E-state index in [1.807, 2.05) is 49.8 Å². The highest BCUT2D eigenvalue weighted by Crippen LogP contribution is 2.32. The number of hydroxylamine groups is 1. The summed E-state index contributed by atoms with van der Waals surface area (Å²) >= 11 is 6.06. The minimum absolute atomic E-state index is 0.0607. The maximum absolute atomic E-state index is 12.0. The molecule has 2 N–H and O–H groups in total. The van der Waals surface area contributed by atoms with E-state index in [1.54, 1.807) is 5.48 Å². The van der Waals surface area contributed by atoms with Gasteiger partial charge in [0.15, 0.2) is 0 Å². The zero-order valence-corrected chi connectivity index (χ0v) is 19.7. The van der Waals surface area contributed by atoms with Crippen LogP contribution in [-0.4, -0.2) is 33.6 Å². The van der Waals surface area contributed by atoms with E-state index in [2.05, 4.69) is 36.3 Å². The Balaban J connectivity index is 1.97. The number of nitrogens with zero attached hydrogens (tertiary/aromatic N) is 2. The number of nitrogens with one attached hydrogen (secondary N) is 1. The molecule has 0 radical (unpaired) electrons. The SMILES string of the molecule is CCO[C@H](CC(=O)NO)[C@H](Cc1ccc(Cl)cc1)c1ccc(-c2c(C)nn(C)c2C)cc1. The van der Waals surface area contributed by atoms with Gasteiger partial charge in [-0.05, 0) is 56.0 Å². The lowest BCUT2D eigenvalue weighted by molar-refractivity contribution is -0.132. The van der Waals surface area contributed by atoms with Gasteiger partial charge in [0, 0.05) is 35.9 Å². The van der Waals surface area contributed by atoms with Gasteiger partial charge in [-0.25, -0.2) is 5.48 Å². The normalized spacial score (nSPS) is 13.1. The maximum Gasteiger partial charge on any atom is 0.245 e. The van der Waals surface area contributed by atoms with Crippen molar-refractivity contribution >= 4 is 17.5 Å². The fourth-order valence-corrected chi connectivity index (χ4v) is 4.31. The van der Waals surface area contributed by atoms with Crippen LogP contribution in [0.1, 0.15) is 41.8 Å². The highest BCUT2D eigenvalue weighted by Gasteiger charge is 2.27. The van der Waals surface area contributed by atoms with Crippen LogP contribution in [0.4, 0.5) is 0 Å². The summed E-state index contributed by atoms with van der Waals surface area (Å²) in [4.78, 5) is 12.0. The van der Waals surface area contributed by atoms with E-state index >= 15 is 0 Å². The molecule has 0 fully saturated rings. The molecule has 0 aliphatic carbocycles. The van der Waals surface area contributed by atoms with E-state index in [4.69, 9.17) is 21.5 Å². The number of ether oxygens (including phenoxy) is 1. The molecule has 170 valence electrons. The lowest BCUT2D eigenvalue weighted by atomic mass is 9.85. The molecule has 1 aromatic heterocycles. The first-order chi connectivity index (χ1) is 15.3. The number of hydrogen-bond acceptors (Lipinski definition) is 4. The van der Waals surface area contributed by atoms with Crippen molar-refractivity contribution in [2.45, 2.75) is 45.6 Å². The van der Waals surface area contributed by atoms with Gasteiger partial charge in [0.2, 0.25) is 5.91 Å². The van der Waals surface area contributed by atoms with E-state index in [0.29, 0.717) is 18.1 Å². The molecule has 3 rings (SSSR count). The molecule has 0 bridgehead atoms. The van der Waals surface area contributed by atoms with Crippen molar-refractivity contribution in [1.82, 2.24) is 15.3 Å². The fraction of sp³-hybridized carbons (Fsp3) is 0.360. The molecule has 0 unspecified atom stereocenters. The van der Waals surface area contributed by atoms with Crippen LogP contribution >= 0.6 is 11.6 Å². The van der Waals surface area contributed by atoms with Gasteiger partial charge in [0.05, 0.1) is 18.2 Å². The van der Waals surface area contributed by atoms with Crippen molar-refractivity contribution < 1.29 is 14.7 Å². The number of hydrogen-bond donors (Lipinski definition) is 2. The molecule has 0 saturated carbocycles. The first kappa shape index (κ1) is 24.0. The van der Waals surface area contributed by atoms with E-state index < -0.39 is 12.0 Å². The first-order valence-corrected chi connectivity index (χ1v) is 11.1. The Morgan fingerprint density at radius 2 is 1.81 bits per heavy atom. The van der Waals surface area contributed by atoms with Crippen LogP contribution in [0.5, 0.6) is 0 Å². The summed E-state index contributed by atoms with van der Waals surface area (Å²) in [6.07, 6.45) is 0.339. The molecule has 2 atom stereocenters. The zero-order chi connectivity index (χ0) is 23.3. The van der Waals surface area contributed by atoms with Gasteiger partial charge < -0.3 is 4.74 Å². The van der Waals surface area contributed by atoms with Gasteiger partial charge in [-0.2, -0.15) is 5.10 Å². The van der Waals surface area contributed by atoms with Crippen LogP contribution in [0.15, 0.2) is 48.5 Å². The van der Waals surface area contributed by atoms with Gasteiger partial charge in [0.25, 0.3) is 0 Å². The first-order valence-electron chi connectivity index (χ1n) is 10.7. The number of carbonyl (C=O) groups is 1. The van der Waals surface area contributed by atoms with Crippen LogP contribution in [0, 0.1) is 13.8 Å². The second-order valence-corrected chi connectivity index (χ2v) is 8.40. The Morgan fingerprint density at radius 3 is 2.34 bits per heavy atom. The topological polar surface area (TPSA) is 76.4 Å². The molecule has 0 aliphatic rings. The molecule has 0 saturated heterocycles. The van der Waals surface area contributed by atoms with Gasteiger partial charge in [-0.15, -0.1) is 0 Å². The minimum Gasteiger partial charge on any atom is -0.377 e. The smallest absolute Gasteiger partial charge is 0.245 e. The van der Waals surface area contributed by atoms with Crippen molar-refractivity contribution in [3.8, 4) is 11.1 Å². The number of benzene rings is 2. The number of halogens is 1. The summed E-state index contributed by atoms with van der Waals surface area (Å²) in [7, 11) is 1.95. The Hall–Kier alpha value is -2.67. The van der Waals surface area contributed by atoms with Gasteiger partial charge in [0.1, 0.15) is 0 Å². The molecule has 1 heterocycles. The highest BCUT2D eigenvalue weighted by molar-refractivity contribution is 6.30. The molecule has 7 heteroatoms. The molecular formula is C25H30ClN3O3. The molecule has 3 aromatic rings. The average Bonchev–Trinajstić information content (AvgIpc) is 3.04. The second kappa shape index (κ2) is 10.8.